The highest BCUT2D eigenvalue weighted by Crippen LogP contribution is 2.34. The first-order valence-electron chi connectivity index (χ1n) is 13.3. The van der Waals surface area contributed by atoms with Gasteiger partial charge < -0.3 is 15.2 Å². The van der Waals surface area contributed by atoms with Gasteiger partial charge in [0, 0.05) is 56.1 Å². The van der Waals surface area contributed by atoms with Crippen molar-refractivity contribution in [3.05, 3.63) is 89.1 Å². The van der Waals surface area contributed by atoms with E-state index in [1.807, 2.05) is 41.4 Å². The van der Waals surface area contributed by atoms with E-state index < -0.39 is 0 Å². The van der Waals surface area contributed by atoms with Crippen LogP contribution in [0.1, 0.15) is 30.9 Å². The first kappa shape index (κ1) is 24.7. The molecule has 2 aliphatic heterocycles. The maximum absolute atomic E-state index is 11.7. The van der Waals surface area contributed by atoms with Crippen LogP contribution in [0.15, 0.2) is 72.9 Å². The molecule has 3 aromatic carbocycles. The van der Waals surface area contributed by atoms with E-state index in [-0.39, 0.29) is 5.91 Å². The average Bonchev–Trinajstić information content (AvgIpc) is 3.45. The lowest BCUT2D eigenvalue weighted by Crippen LogP contribution is -2.47. The Morgan fingerprint density at radius 2 is 1.84 bits per heavy atom. The highest BCUT2D eigenvalue weighted by atomic mass is 35.5. The van der Waals surface area contributed by atoms with Gasteiger partial charge in [-0.15, -0.1) is 0 Å². The molecule has 2 N–H and O–H groups in total. The van der Waals surface area contributed by atoms with Crippen LogP contribution in [0, 0.1) is 0 Å². The molecule has 194 valence electrons. The smallest absolute Gasteiger partial charge is 0.219 e. The number of piperidine rings is 1. The minimum absolute atomic E-state index is 0.192. The quantitative estimate of drug-likeness (QED) is 0.312. The summed E-state index contributed by atoms with van der Waals surface area (Å²) in [6.45, 7) is 5.40. The van der Waals surface area contributed by atoms with Gasteiger partial charge in [-0.25, -0.2) is 4.98 Å². The zero-order chi connectivity index (χ0) is 26.1. The van der Waals surface area contributed by atoms with Gasteiger partial charge in [0.05, 0.1) is 16.9 Å². The number of carbonyl (C=O) groups excluding carboxylic acids is 1. The lowest BCUT2D eigenvalue weighted by molar-refractivity contribution is -0.130. The summed E-state index contributed by atoms with van der Waals surface area (Å²) in [5.41, 5.74) is 7.80. The maximum atomic E-state index is 11.7. The van der Waals surface area contributed by atoms with Crippen molar-refractivity contribution in [2.45, 2.75) is 38.8 Å². The van der Waals surface area contributed by atoms with Gasteiger partial charge in [0.1, 0.15) is 5.82 Å². The first-order valence-corrected chi connectivity index (χ1v) is 13.7. The van der Waals surface area contributed by atoms with Gasteiger partial charge in [0.25, 0.3) is 0 Å². The number of rotatable bonds is 5. The number of benzene rings is 3. The predicted molar refractivity (Wildman–Crippen MR) is 154 cm³/mol. The molecular formula is C31H32ClN5O. The van der Waals surface area contributed by atoms with E-state index in [1.54, 1.807) is 6.92 Å². The molecule has 1 amide bonds. The van der Waals surface area contributed by atoms with Gasteiger partial charge in [-0.2, -0.15) is 0 Å². The molecule has 2 aliphatic rings. The number of hydrogen-bond donors (Lipinski definition) is 2. The number of nitrogens with zero attached hydrogens (tertiary/aromatic N) is 3. The molecule has 6 nitrogen and oxygen atoms in total. The number of amides is 1. The second kappa shape index (κ2) is 10.6. The number of H-pyrrole nitrogens is 1. The molecule has 1 aromatic heterocycles. The Labute approximate surface area is 228 Å². The van der Waals surface area contributed by atoms with Crippen molar-refractivity contribution in [3.8, 4) is 22.6 Å². The van der Waals surface area contributed by atoms with Crippen molar-refractivity contribution >= 4 is 28.9 Å². The second-order valence-electron chi connectivity index (χ2n) is 10.2. The van der Waals surface area contributed by atoms with Crippen molar-refractivity contribution in [1.29, 1.82) is 0 Å². The highest BCUT2D eigenvalue weighted by Gasteiger charge is 2.28. The van der Waals surface area contributed by atoms with E-state index >= 15 is 0 Å². The van der Waals surface area contributed by atoms with E-state index in [4.69, 9.17) is 11.6 Å². The number of fused-ring (bicyclic) bond motifs is 1. The van der Waals surface area contributed by atoms with Crippen molar-refractivity contribution < 1.29 is 4.79 Å². The van der Waals surface area contributed by atoms with Crippen LogP contribution in [0.4, 0.5) is 11.4 Å². The fourth-order valence-corrected chi connectivity index (χ4v) is 5.98. The molecule has 1 fully saturated rings. The van der Waals surface area contributed by atoms with Crippen molar-refractivity contribution in [1.82, 2.24) is 19.8 Å². The second-order valence-corrected chi connectivity index (χ2v) is 10.6. The van der Waals surface area contributed by atoms with Gasteiger partial charge in [0.2, 0.25) is 5.91 Å². The van der Waals surface area contributed by atoms with Crippen LogP contribution < -0.4 is 5.32 Å². The molecular weight excluding hydrogens is 494 g/mol. The third-order valence-electron chi connectivity index (χ3n) is 7.88. The molecule has 7 heteroatoms. The lowest BCUT2D eigenvalue weighted by atomic mass is 9.94. The number of likely N-dealkylation sites (tertiary alicyclic amines) is 1. The number of aromatic amines is 1. The topological polar surface area (TPSA) is 64.3 Å². The van der Waals surface area contributed by atoms with Crippen LogP contribution in [0.2, 0.25) is 5.02 Å². The van der Waals surface area contributed by atoms with E-state index in [2.05, 4.69) is 56.6 Å². The Morgan fingerprint density at radius 1 is 1.03 bits per heavy atom. The van der Waals surface area contributed by atoms with Gasteiger partial charge >= 0.3 is 0 Å². The number of aromatic nitrogens is 2. The average molecular weight is 526 g/mol. The molecule has 6 rings (SSSR count). The zero-order valence-corrected chi connectivity index (χ0v) is 22.3. The molecule has 0 unspecified atom stereocenters. The number of halogens is 1. The SMILES string of the molecule is CC(=O)N1CCC(N2CCc3c(cccc3Nc3ccc(Cl)c(-c4ncc(-c5ccccc5)[nH]4)c3)C2)CC1. The summed E-state index contributed by atoms with van der Waals surface area (Å²) in [6.07, 6.45) is 4.97. The van der Waals surface area contributed by atoms with E-state index in [0.717, 1.165) is 79.5 Å². The molecule has 0 radical (unpaired) electrons. The molecule has 38 heavy (non-hydrogen) atoms. The molecule has 0 atom stereocenters. The summed E-state index contributed by atoms with van der Waals surface area (Å²) in [5.74, 6) is 0.941. The number of anilines is 2. The van der Waals surface area contributed by atoms with E-state index in [1.165, 1.54) is 11.1 Å². The molecule has 0 aliphatic carbocycles. The minimum Gasteiger partial charge on any atom is -0.355 e. The third kappa shape index (κ3) is 5.06. The molecule has 4 aromatic rings. The predicted octanol–water partition coefficient (Wildman–Crippen LogP) is 6.51. The van der Waals surface area contributed by atoms with Crippen molar-refractivity contribution in [2.75, 3.05) is 25.0 Å². The van der Waals surface area contributed by atoms with Gasteiger partial charge in [-0.3, -0.25) is 9.69 Å². The normalized spacial score (nSPS) is 16.3. The molecule has 0 bridgehead atoms. The Kier molecular flexibility index (Phi) is 6.92. The number of carbonyl (C=O) groups is 1. The molecule has 0 spiro atoms. The summed E-state index contributed by atoms with van der Waals surface area (Å²) in [4.78, 5) is 24.3. The van der Waals surface area contributed by atoms with Gasteiger partial charge in [0.15, 0.2) is 0 Å². The number of hydrogen-bond acceptors (Lipinski definition) is 4. The maximum Gasteiger partial charge on any atom is 0.219 e. The fourth-order valence-electron chi connectivity index (χ4n) is 5.77. The monoisotopic (exact) mass is 525 g/mol. The van der Waals surface area contributed by atoms with Crippen molar-refractivity contribution in [2.24, 2.45) is 0 Å². The Morgan fingerprint density at radius 3 is 2.63 bits per heavy atom. The first-order chi connectivity index (χ1) is 18.5. The molecule has 0 saturated carbocycles. The van der Waals surface area contributed by atoms with Gasteiger partial charge in [-0.1, -0.05) is 54.1 Å². The summed E-state index contributed by atoms with van der Waals surface area (Å²) >= 11 is 6.61. The van der Waals surface area contributed by atoms with E-state index in [9.17, 15) is 4.79 Å². The number of nitrogens with one attached hydrogen (secondary N) is 2. The van der Waals surface area contributed by atoms with Crippen LogP contribution in [-0.4, -0.2) is 51.4 Å². The highest BCUT2D eigenvalue weighted by molar-refractivity contribution is 6.33. The molecule has 1 saturated heterocycles. The largest absolute Gasteiger partial charge is 0.355 e. The Bertz CT molecular complexity index is 1440. The van der Waals surface area contributed by atoms with Crippen molar-refractivity contribution in [3.63, 3.8) is 0 Å². The lowest BCUT2D eigenvalue weighted by Gasteiger charge is -2.40. The fraction of sp³-hybridized carbons (Fsp3) is 0.290. The zero-order valence-electron chi connectivity index (χ0n) is 21.6. The van der Waals surface area contributed by atoms with Crippen LogP contribution in [0.25, 0.3) is 22.6 Å². The van der Waals surface area contributed by atoms with Crippen LogP contribution in [-0.2, 0) is 17.8 Å². The number of imidazole rings is 1. The van der Waals surface area contributed by atoms with Crippen LogP contribution in [0.5, 0.6) is 0 Å². The third-order valence-corrected chi connectivity index (χ3v) is 8.21. The minimum atomic E-state index is 0.192. The van der Waals surface area contributed by atoms with Gasteiger partial charge in [-0.05, 0) is 60.2 Å². The summed E-state index contributed by atoms with van der Waals surface area (Å²) in [7, 11) is 0. The molecule has 3 heterocycles. The standard InChI is InChI=1S/C31H32ClN5O/c1-21(38)36-15-12-25(13-16-36)37-17-14-26-23(20-37)8-5-9-29(26)34-24-10-11-28(32)27(18-24)31-33-19-30(35-31)22-6-3-2-4-7-22/h2-11,18-19,25,34H,12-17,20H2,1H3,(H,33,35). The summed E-state index contributed by atoms with van der Waals surface area (Å²) in [6, 6.07) is 23.3. The Balaban J connectivity index is 1.19. The summed E-state index contributed by atoms with van der Waals surface area (Å²) in [5, 5.41) is 4.32. The Hall–Kier alpha value is -3.61. The van der Waals surface area contributed by atoms with Crippen LogP contribution >= 0.6 is 11.6 Å². The van der Waals surface area contributed by atoms with E-state index in [0.29, 0.717) is 11.1 Å². The van der Waals surface area contributed by atoms with Crippen LogP contribution in [0.3, 0.4) is 0 Å². The summed E-state index contributed by atoms with van der Waals surface area (Å²) < 4.78 is 0.